The number of carbonyl (C=O) groups is 1. The molecule has 0 bridgehead atoms. The van der Waals surface area contributed by atoms with Crippen LogP contribution in [0.5, 0.6) is 5.75 Å². The van der Waals surface area contributed by atoms with Gasteiger partial charge in [-0.3, -0.25) is 4.79 Å². The fourth-order valence-corrected chi connectivity index (χ4v) is 4.89. The zero-order chi connectivity index (χ0) is 26.6. The molecule has 0 radical (unpaired) electrons. The number of H-pyrrole nitrogens is 1. The molecule has 0 saturated carbocycles. The van der Waals surface area contributed by atoms with Crippen LogP contribution in [0.1, 0.15) is 52.4 Å². The molecule has 1 aromatic heterocycles. The first-order valence-corrected chi connectivity index (χ1v) is 12.7. The molecule has 5 rings (SSSR count). The standard InChI is InChI=1S/C33H30N2O3/c1-21(2)38-32-29(26(20-36)18-25-19-35-31-13-6-5-12-28(25)31)16-22(17-30(32)33(34)37)14-15-24-10-7-9-23-8-3-4-11-27(23)24/h3-13,16-17,19,21,26,35-36H,18,20H2,1-2H3,(H2,34,37)/t26-/m0/s1. The number of aromatic nitrogens is 1. The van der Waals surface area contributed by atoms with Gasteiger partial charge in [-0.15, -0.1) is 0 Å². The number of aliphatic hydroxyl groups excluding tert-OH is 1. The lowest BCUT2D eigenvalue weighted by Crippen LogP contribution is -2.19. The first kappa shape index (κ1) is 25.1. The fraction of sp³-hybridized carbons (Fsp3) is 0.182. The molecule has 1 amide bonds. The number of hydrogen-bond acceptors (Lipinski definition) is 3. The lowest BCUT2D eigenvalue weighted by Gasteiger charge is -2.23. The molecule has 0 spiro atoms. The van der Waals surface area contributed by atoms with Crippen molar-refractivity contribution in [2.24, 2.45) is 5.73 Å². The molecule has 5 heteroatoms. The molecule has 5 nitrogen and oxygen atoms in total. The fourth-order valence-electron chi connectivity index (χ4n) is 4.89. The smallest absolute Gasteiger partial charge is 0.252 e. The minimum Gasteiger partial charge on any atom is -0.490 e. The van der Waals surface area contributed by atoms with Crippen LogP contribution in [-0.4, -0.2) is 28.7 Å². The largest absolute Gasteiger partial charge is 0.490 e. The number of primary amides is 1. The molecule has 38 heavy (non-hydrogen) atoms. The first-order chi connectivity index (χ1) is 18.4. The van der Waals surface area contributed by atoms with Crippen molar-refractivity contribution in [3.63, 3.8) is 0 Å². The minimum atomic E-state index is -0.598. The maximum Gasteiger partial charge on any atom is 0.252 e. The van der Waals surface area contributed by atoms with Gasteiger partial charge >= 0.3 is 0 Å². The van der Waals surface area contributed by atoms with E-state index >= 15 is 0 Å². The van der Waals surface area contributed by atoms with E-state index in [-0.39, 0.29) is 24.2 Å². The van der Waals surface area contributed by atoms with Gasteiger partial charge in [-0.05, 0) is 60.9 Å². The van der Waals surface area contributed by atoms with Gasteiger partial charge < -0.3 is 20.6 Å². The number of ether oxygens (including phenoxy) is 1. The van der Waals surface area contributed by atoms with Crippen molar-refractivity contribution < 1.29 is 14.6 Å². The van der Waals surface area contributed by atoms with Crippen molar-refractivity contribution in [2.75, 3.05) is 6.61 Å². The summed E-state index contributed by atoms with van der Waals surface area (Å²) in [5.41, 5.74) is 10.4. The minimum absolute atomic E-state index is 0.133. The molecule has 190 valence electrons. The Hall–Kier alpha value is -4.53. The Balaban J connectivity index is 1.62. The summed E-state index contributed by atoms with van der Waals surface area (Å²) in [4.78, 5) is 15.9. The van der Waals surface area contributed by atoms with Gasteiger partial charge in [0.25, 0.3) is 5.91 Å². The van der Waals surface area contributed by atoms with Gasteiger partial charge in [0.2, 0.25) is 0 Å². The van der Waals surface area contributed by atoms with Crippen LogP contribution in [0.25, 0.3) is 21.7 Å². The maximum absolute atomic E-state index is 12.6. The van der Waals surface area contributed by atoms with Crippen molar-refractivity contribution in [3.8, 4) is 17.6 Å². The van der Waals surface area contributed by atoms with Gasteiger partial charge in [-0.25, -0.2) is 0 Å². The maximum atomic E-state index is 12.6. The number of nitrogens with two attached hydrogens (primary N) is 1. The summed E-state index contributed by atoms with van der Waals surface area (Å²) in [5.74, 6) is 5.98. The lowest BCUT2D eigenvalue weighted by molar-refractivity contribution is 0.0994. The number of aliphatic hydroxyl groups is 1. The van der Waals surface area contributed by atoms with Crippen LogP contribution in [0.4, 0.5) is 0 Å². The topological polar surface area (TPSA) is 88.3 Å². The van der Waals surface area contributed by atoms with E-state index in [4.69, 9.17) is 10.5 Å². The third-order valence-electron chi connectivity index (χ3n) is 6.67. The molecule has 1 heterocycles. The number of para-hydroxylation sites is 1. The summed E-state index contributed by atoms with van der Waals surface area (Å²) in [6.07, 6.45) is 2.33. The predicted molar refractivity (Wildman–Crippen MR) is 152 cm³/mol. The Bertz CT molecular complexity index is 1680. The van der Waals surface area contributed by atoms with E-state index in [1.165, 1.54) is 0 Å². The van der Waals surface area contributed by atoms with Crippen LogP contribution in [0.15, 0.2) is 85.1 Å². The average Bonchev–Trinajstić information content (AvgIpc) is 3.33. The van der Waals surface area contributed by atoms with Crippen LogP contribution < -0.4 is 10.5 Å². The Labute approximate surface area is 222 Å². The summed E-state index contributed by atoms with van der Waals surface area (Å²) >= 11 is 0. The predicted octanol–water partition coefficient (Wildman–Crippen LogP) is 5.93. The molecule has 0 aliphatic carbocycles. The molecule has 0 aliphatic rings. The molecule has 0 aliphatic heterocycles. The summed E-state index contributed by atoms with van der Waals surface area (Å²) < 4.78 is 6.13. The Morgan fingerprint density at radius 1 is 0.974 bits per heavy atom. The van der Waals surface area contributed by atoms with Crippen LogP contribution in [0.2, 0.25) is 0 Å². The molecule has 4 aromatic carbocycles. The van der Waals surface area contributed by atoms with Crippen LogP contribution >= 0.6 is 0 Å². The number of benzene rings is 4. The number of amides is 1. The number of rotatable bonds is 7. The van der Waals surface area contributed by atoms with Gasteiger partial charge in [0.1, 0.15) is 5.75 Å². The zero-order valence-electron chi connectivity index (χ0n) is 21.5. The normalized spacial score (nSPS) is 11.9. The number of carbonyl (C=O) groups excluding carboxylic acids is 1. The third kappa shape index (κ3) is 5.13. The molecule has 1 atom stereocenters. The molecular formula is C33H30N2O3. The van der Waals surface area contributed by atoms with Gasteiger partial charge in [0.15, 0.2) is 0 Å². The van der Waals surface area contributed by atoms with Crippen LogP contribution in [0, 0.1) is 11.8 Å². The number of hydrogen-bond donors (Lipinski definition) is 3. The zero-order valence-corrected chi connectivity index (χ0v) is 21.5. The summed E-state index contributed by atoms with van der Waals surface area (Å²) in [6, 6.07) is 25.8. The monoisotopic (exact) mass is 502 g/mol. The van der Waals surface area contributed by atoms with E-state index in [0.29, 0.717) is 23.3 Å². The molecule has 0 fully saturated rings. The van der Waals surface area contributed by atoms with E-state index in [1.54, 1.807) is 6.07 Å². The second kappa shape index (κ2) is 10.8. The second-order valence-corrected chi connectivity index (χ2v) is 9.69. The Morgan fingerprint density at radius 3 is 2.47 bits per heavy atom. The highest BCUT2D eigenvalue weighted by molar-refractivity contribution is 5.97. The summed E-state index contributed by atoms with van der Waals surface area (Å²) in [6.45, 7) is 3.67. The number of aromatic amines is 1. The van der Waals surface area contributed by atoms with E-state index < -0.39 is 5.91 Å². The van der Waals surface area contributed by atoms with Gasteiger partial charge in [0, 0.05) is 39.7 Å². The van der Waals surface area contributed by atoms with Gasteiger partial charge in [0.05, 0.1) is 18.3 Å². The van der Waals surface area contributed by atoms with Crippen molar-refractivity contribution in [1.82, 2.24) is 4.98 Å². The highest BCUT2D eigenvalue weighted by Crippen LogP contribution is 2.36. The SMILES string of the molecule is CC(C)Oc1c(C(N)=O)cc(C#Cc2cccc3ccccc23)cc1[C@H](CO)Cc1c[nH]c2ccccc12. The van der Waals surface area contributed by atoms with E-state index in [9.17, 15) is 9.90 Å². The van der Waals surface area contributed by atoms with Crippen LogP contribution in [0.3, 0.4) is 0 Å². The number of nitrogens with one attached hydrogen (secondary N) is 1. The summed E-state index contributed by atoms with van der Waals surface area (Å²) in [7, 11) is 0. The van der Waals surface area contributed by atoms with Gasteiger partial charge in [-0.1, -0.05) is 66.4 Å². The third-order valence-corrected chi connectivity index (χ3v) is 6.67. The second-order valence-electron chi connectivity index (χ2n) is 9.69. The molecule has 5 aromatic rings. The van der Waals surface area contributed by atoms with Gasteiger partial charge in [-0.2, -0.15) is 0 Å². The molecule has 0 saturated heterocycles. The highest BCUT2D eigenvalue weighted by Gasteiger charge is 2.24. The number of fused-ring (bicyclic) bond motifs is 2. The molecule has 0 unspecified atom stereocenters. The molecular weight excluding hydrogens is 472 g/mol. The van der Waals surface area contributed by atoms with Crippen LogP contribution in [-0.2, 0) is 6.42 Å². The van der Waals surface area contributed by atoms with Crippen molar-refractivity contribution in [3.05, 3.63) is 113 Å². The Kier molecular flexibility index (Phi) is 7.17. The van der Waals surface area contributed by atoms with E-state index in [1.807, 2.05) is 74.6 Å². The Morgan fingerprint density at radius 2 is 1.71 bits per heavy atom. The van der Waals surface area contributed by atoms with Crippen molar-refractivity contribution in [2.45, 2.75) is 32.3 Å². The lowest BCUT2D eigenvalue weighted by atomic mass is 9.88. The molecule has 4 N–H and O–H groups in total. The summed E-state index contributed by atoms with van der Waals surface area (Å²) in [5, 5.41) is 13.8. The van der Waals surface area contributed by atoms with Crippen molar-refractivity contribution in [1.29, 1.82) is 0 Å². The first-order valence-electron chi connectivity index (χ1n) is 12.7. The highest BCUT2D eigenvalue weighted by atomic mass is 16.5. The van der Waals surface area contributed by atoms with E-state index in [0.717, 1.165) is 32.8 Å². The van der Waals surface area contributed by atoms with E-state index in [2.05, 4.69) is 35.0 Å². The quantitative estimate of drug-likeness (QED) is 0.241. The average molecular weight is 503 g/mol. The van der Waals surface area contributed by atoms with Crippen molar-refractivity contribution >= 4 is 27.6 Å².